The van der Waals surface area contributed by atoms with Crippen LogP contribution in [0.3, 0.4) is 0 Å². The number of nitrogens with zero attached hydrogens (tertiary/aromatic N) is 1. The fraction of sp³-hybridized carbons (Fsp3) is 0.368. The third-order valence-corrected chi connectivity index (χ3v) is 3.57. The lowest BCUT2D eigenvalue weighted by Crippen LogP contribution is -2.25. The van der Waals surface area contributed by atoms with Crippen LogP contribution in [0.5, 0.6) is 17.2 Å². The molecule has 0 aromatic heterocycles. The van der Waals surface area contributed by atoms with E-state index in [9.17, 15) is 0 Å². The van der Waals surface area contributed by atoms with Gasteiger partial charge in [-0.1, -0.05) is 38.1 Å². The van der Waals surface area contributed by atoms with Crippen LogP contribution in [0.4, 0.5) is 0 Å². The molecular weight excluding hydrogens is 274 g/mol. The highest BCUT2D eigenvalue weighted by Gasteiger charge is 2.01. The summed E-state index contributed by atoms with van der Waals surface area (Å²) in [6.07, 6.45) is 1.03. The molecule has 0 aliphatic carbocycles. The van der Waals surface area contributed by atoms with E-state index in [0.29, 0.717) is 0 Å². The highest BCUT2D eigenvalue weighted by Crippen LogP contribution is 2.24. The molecule has 0 fully saturated rings. The average molecular weight is 299 g/mol. The normalized spacial score (nSPS) is 10.7. The fourth-order valence-electron chi connectivity index (χ4n) is 2.27. The summed E-state index contributed by atoms with van der Waals surface area (Å²) in [6, 6.07) is 17.6. The van der Waals surface area contributed by atoms with Crippen molar-refractivity contribution in [3.63, 3.8) is 0 Å². The summed E-state index contributed by atoms with van der Waals surface area (Å²) in [5.41, 5.74) is 0. The van der Waals surface area contributed by atoms with E-state index in [0.717, 1.165) is 49.9 Å². The first-order valence-electron chi connectivity index (χ1n) is 8.00. The van der Waals surface area contributed by atoms with Crippen molar-refractivity contribution >= 4 is 0 Å². The minimum Gasteiger partial charge on any atom is -0.493 e. The van der Waals surface area contributed by atoms with Gasteiger partial charge in [0.1, 0.15) is 17.2 Å². The molecule has 0 saturated heterocycles. The van der Waals surface area contributed by atoms with Crippen molar-refractivity contribution in [3.8, 4) is 17.2 Å². The molecule has 0 atom stereocenters. The summed E-state index contributed by atoms with van der Waals surface area (Å²) in [4.78, 5) is 2.40. The Labute approximate surface area is 133 Å². The lowest BCUT2D eigenvalue weighted by molar-refractivity contribution is 0.249. The van der Waals surface area contributed by atoms with Gasteiger partial charge < -0.3 is 14.4 Å². The van der Waals surface area contributed by atoms with E-state index in [1.807, 2.05) is 54.6 Å². The second-order valence-electron chi connectivity index (χ2n) is 5.12. The largest absolute Gasteiger partial charge is 0.493 e. The number of benzene rings is 2. The van der Waals surface area contributed by atoms with Crippen LogP contribution in [0.15, 0.2) is 54.6 Å². The van der Waals surface area contributed by atoms with E-state index in [4.69, 9.17) is 9.47 Å². The third kappa shape index (κ3) is 5.41. The third-order valence-electron chi connectivity index (χ3n) is 3.57. The Morgan fingerprint density at radius 2 is 1.50 bits per heavy atom. The Morgan fingerprint density at radius 3 is 2.23 bits per heavy atom. The van der Waals surface area contributed by atoms with Gasteiger partial charge in [0, 0.05) is 12.6 Å². The Kier molecular flexibility index (Phi) is 6.78. The van der Waals surface area contributed by atoms with Gasteiger partial charge in [-0.3, -0.25) is 0 Å². The Hall–Kier alpha value is -2.00. The van der Waals surface area contributed by atoms with E-state index in [1.54, 1.807) is 0 Å². The van der Waals surface area contributed by atoms with Gasteiger partial charge in [-0.25, -0.2) is 0 Å². The summed E-state index contributed by atoms with van der Waals surface area (Å²) < 4.78 is 11.6. The van der Waals surface area contributed by atoms with Crippen molar-refractivity contribution in [2.24, 2.45) is 0 Å². The average Bonchev–Trinajstić information content (AvgIpc) is 2.56. The molecule has 0 heterocycles. The van der Waals surface area contributed by atoms with Crippen molar-refractivity contribution < 1.29 is 9.47 Å². The predicted molar refractivity (Wildman–Crippen MR) is 90.9 cm³/mol. The fourth-order valence-corrected chi connectivity index (χ4v) is 2.27. The Bertz CT molecular complexity index is 538. The van der Waals surface area contributed by atoms with Gasteiger partial charge in [0.25, 0.3) is 0 Å². The molecule has 0 aliphatic rings. The summed E-state index contributed by atoms with van der Waals surface area (Å²) in [5.74, 6) is 2.49. The Morgan fingerprint density at radius 1 is 0.818 bits per heavy atom. The lowest BCUT2D eigenvalue weighted by Gasteiger charge is -2.17. The standard InChI is InChI=1S/C19H25NO2/c1-3-20(4-2)14-9-15-21-18-12-8-13-19(16-18)22-17-10-6-5-7-11-17/h5-8,10-13,16H,3-4,9,14-15H2,1-2H3. The monoisotopic (exact) mass is 299 g/mol. The van der Waals surface area contributed by atoms with Crippen LogP contribution in [-0.4, -0.2) is 31.1 Å². The van der Waals surface area contributed by atoms with Gasteiger partial charge >= 0.3 is 0 Å². The first-order chi connectivity index (χ1) is 10.8. The molecule has 3 nitrogen and oxygen atoms in total. The van der Waals surface area contributed by atoms with E-state index in [2.05, 4.69) is 18.7 Å². The summed E-state index contributed by atoms with van der Waals surface area (Å²) >= 11 is 0. The van der Waals surface area contributed by atoms with Crippen molar-refractivity contribution in [2.45, 2.75) is 20.3 Å². The smallest absolute Gasteiger partial charge is 0.131 e. The molecule has 0 radical (unpaired) electrons. The van der Waals surface area contributed by atoms with Gasteiger partial charge in [-0.15, -0.1) is 0 Å². The van der Waals surface area contributed by atoms with E-state index < -0.39 is 0 Å². The maximum Gasteiger partial charge on any atom is 0.131 e. The molecule has 0 saturated carbocycles. The SMILES string of the molecule is CCN(CC)CCCOc1cccc(Oc2ccccc2)c1. The van der Waals surface area contributed by atoms with E-state index >= 15 is 0 Å². The van der Waals surface area contributed by atoms with E-state index in [-0.39, 0.29) is 0 Å². The van der Waals surface area contributed by atoms with Crippen LogP contribution in [0.1, 0.15) is 20.3 Å². The molecule has 3 heteroatoms. The molecule has 0 amide bonds. The van der Waals surface area contributed by atoms with Crippen LogP contribution in [0, 0.1) is 0 Å². The molecule has 2 aromatic rings. The molecule has 22 heavy (non-hydrogen) atoms. The van der Waals surface area contributed by atoms with Crippen LogP contribution >= 0.6 is 0 Å². The topological polar surface area (TPSA) is 21.7 Å². The van der Waals surface area contributed by atoms with Gasteiger partial charge in [0.2, 0.25) is 0 Å². The van der Waals surface area contributed by atoms with Crippen molar-refractivity contribution in [1.82, 2.24) is 4.90 Å². The van der Waals surface area contributed by atoms with Gasteiger partial charge in [-0.05, 0) is 43.8 Å². The zero-order chi connectivity index (χ0) is 15.6. The van der Waals surface area contributed by atoms with Gasteiger partial charge in [0.05, 0.1) is 6.61 Å². The molecule has 0 unspecified atom stereocenters. The molecule has 0 spiro atoms. The second-order valence-corrected chi connectivity index (χ2v) is 5.12. The van der Waals surface area contributed by atoms with Crippen LogP contribution < -0.4 is 9.47 Å². The zero-order valence-corrected chi connectivity index (χ0v) is 13.5. The van der Waals surface area contributed by atoms with Crippen molar-refractivity contribution in [2.75, 3.05) is 26.2 Å². The molecule has 0 N–H and O–H groups in total. The highest BCUT2D eigenvalue weighted by molar-refractivity contribution is 5.36. The summed E-state index contributed by atoms with van der Waals surface area (Å²) in [6.45, 7) is 8.37. The number of para-hydroxylation sites is 1. The first-order valence-corrected chi connectivity index (χ1v) is 8.00. The molecule has 118 valence electrons. The van der Waals surface area contributed by atoms with Crippen LogP contribution in [-0.2, 0) is 0 Å². The molecule has 2 rings (SSSR count). The maximum atomic E-state index is 5.82. The second kappa shape index (κ2) is 9.11. The number of hydrogen-bond donors (Lipinski definition) is 0. The van der Waals surface area contributed by atoms with Gasteiger partial charge in [0.15, 0.2) is 0 Å². The minimum atomic E-state index is 0.727. The van der Waals surface area contributed by atoms with Crippen LogP contribution in [0.2, 0.25) is 0 Å². The van der Waals surface area contributed by atoms with E-state index in [1.165, 1.54) is 0 Å². The summed E-state index contributed by atoms with van der Waals surface area (Å²) in [5, 5.41) is 0. The number of ether oxygens (including phenoxy) is 2. The highest BCUT2D eigenvalue weighted by atomic mass is 16.5. The van der Waals surface area contributed by atoms with Gasteiger partial charge in [-0.2, -0.15) is 0 Å². The zero-order valence-electron chi connectivity index (χ0n) is 13.5. The predicted octanol–water partition coefficient (Wildman–Crippen LogP) is 4.59. The maximum absolute atomic E-state index is 5.82. The first kappa shape index (κ1) is 16.4. The quantitative estimate of drug-likeness (QED) is 0.632. The minimum absolute atomic E-state index is 0.727. The molecular formula is C19H25NO2. The molecule has 0 bridgehead atoms. The van der Waals surface area contributed by atoms with Crippen molar-refractivity contribution in [3.05, 3.63) is 54.6 Å². The van der Waals surface area contributed by atoms with Crippen molar-refractivity contribution in [1.29, 1.82) is 0 Å². The molecule has 2 aromatic carbocycles. The Balaban J connectivity index is 1.81. The molecule has 0 aliphatic heterocycles. The lowest BCUT2D eigenvalue weighted by atomic mass is 10.3. The number of rotatable bonds is 9. The number of hydrogen-bond acceptors (Lipinski definition) is 3. The summed E-state index contributed by atoms with van der Waals surface area (Å²) in [7, 11) is 0. The van der Waals surface area contributed by atoms with Crippen LogP contribution in [0.25, 0.3) is 0 Å².